The third-order valence-electron chi connectivity index (χ3n) is 4.70. The summed E-state index contributed by atoms with van der Waals surface area (Å²) in [5.74, 6) is 4.04. The molecule has 0 radical (unpaired) electrons. The van der Waals surface area contributed by atoms with Crippen LogP contribution in [0.1, 0.15) is 51.0 Å². The third-order valence-corrected chi connectivity index (χ3v) is 5.69. The molecule has 0 bridgehead atoms. The van der Waals surface area contributed by atoms with Crippen LogP contribution >= 0.6 is 11.8 Å². The fourth-order valence-electron chi connectivity index (χ4n) is 3.30. The zero-order valence-electron chi connectivity index (χ0n) is 13.1. The molecule has 1 atom stereocenters. The number of ether oxygens (including phenoxy) is 2. The van der Waals surface area contributed by atoms with Crippen molar-refractivity contribution in [3.05, 3.63) is 29.8 Å². The summed E-state index contributed by atoms with van der Waals surface area (Å²) in [6, 6.07) is 8.61. The fraction of sp³-hybridized carbons (Fsp3) is 0.667. The van der Waals surface area contributed by atoms with E-state index in [1.54, 1.807) is 0 Å². The first-order chi connectivity index (χ1) is 10.2. The smallest absolute Gasteiger partial charge is 0.119 e. The minimum absolute atomic E-state index is 0.103. The first kappa shape index (κ1) is 15.2. The van der Waals surface area contributed by atoms with Crippen molar-refractivity contribution >= 4 is 11.8 Å². The molecule has 3 rings (SSSR count). The lowest BCUT2D eigenvalue weighted by Crippen LogP contribution is -2.46. The van der Waals surface area contributed by atoms with Crippen LogP contribution in [0.4, 0.5) is 0 Å². The molecule has 2 aliphatic heterocycles. The van der Waals surface area contributed by atoms with Crippen molar-refractivity contribution in [3.63, 3.8) is 0 Å². The second-order valence-electron chi connectivity index (χ2n) is 6.60. The maximum Gasteiger partial charge on any atom is 0.119 e. The first-order valence-electron chi connectivity index (χ1n) is 8.15. The van der Waals surface area contributed by atoms with Gasteiger partial charge in [0.15, 0.2) is 0 Å². The largest absolute Gasteiger partial charge is 0.490 e. The summed E-state index contributed by atoms with van der Waals surface area (Å²) in [5, 5.41) is 0. The Labute approximate surface area is 132 Å². The van der Waals surface area contributed by atoms with E-state index in [4.69, 9.17) is 9.47 Å². The van der Waals surface area contributed by atoms with E-state index in [-0.39, 0.29) is 5.60 Å². The molecule has 1 aromatic carbocycles. The molecule has 1 unspecified atom stereocenters. The van der Waals surface area contributed by atoms with Crippen LogP contribution in [0, 0.1) is 0 Å². The maximum atomic E-state index is 6.23. The zero-order chi connectivity index (χ0) is 14.7. The van der Waals surface area contributed by atoms with Crippen LogP contribution < -0.4 is 4.74 Å². The van der Waals surface area contributed by atoms with Crippen molar-refractivity contribution in [1.29, 1.82) is 0 Å². The highest BCUT2D eigenvalue weighted by Crippen LogP contribution is 2.38. The Morgan fingerprint density at radius 3 is 2.57 bits per heavy atom. The number of rotatable bonds is 3. The molecule has 21 heavy (non-hydrogen) atoms. The van der Waals surface area contributed by atoms with E-state index < -0.39 is 0 Å². The minimum atomic E-state index is 0.103. The van der Waals surface area contributed by atoms with Gasteiger partial charge in [0.1, 0.15) is 11.9 Å². The lowest BCUT2D eigenvalue weighted by Gasteiger charge is -2.43. The van der Waals surface area contributed by atoms with Crippen molar-refractivity contribution in [3.8, 4) is 5.75 Å². The predicted octanol–water partition coefficient (Wildman–Crippen LogP) is 4.63. The molecule has 2 saturated heterocycles. The van der Waals surface area contributed by atoms with Crippen molar-refractivity contribution in [2.24, 2.45) is 0 Å². The number of hydrogen-bond donors (Lipinski definition) is 0. The summed E-state index contributed by atoms with van der Waals surface area (Å²) in [4.78, 5) is 0. The average Bonchev–Trinajstić information content (AvgIpc) is 2.49. The molecule has 0 amide bonds. The van der Waals surface area contributed by atoms with Gasteiger partial charge in [-0.15, -0.1) is 0 Å². The molecular weight excluding hydrogens is 280 g/mol. The van der Waals surface area contributed by atoms with Crippen LogP contribution in [-0.2, 0) is 4.74 Å². The van der Waals surface area contributed by atoms with Gasteiger partial charge in [0.2, 0.25) is 0 Å². The van der Waals surface area contributed by atoms with Crippen molar-refractivity contribution in [2.75, 3.05) is 18.1 Å². The van der Waals surface area contributed by atoms with Gasteiger partial charge in [-0.3, -0.25) is 0 Å². The van der Waals surface area contributed by atoms with Crippen LogP contribution in [0.3, 0.4) is 0 Å². The van der Waals surface area contributed by atoms with E-state index in [2.05, 4.69) is 49.9 Å². The van der Waals surface area contributed by atoms with Gasteiger partial charge in [-0.2, -0.15) is 11.8 Å². The summed E-state index contributed by atoms with van der Waals surface area (Å²) in [6.45, 7) is 5.29. The van der Waals surface area contributed by atoms with E-state index in [0.717, 1.165) is 25.2 Å². The highest BCUT2D eigenvalue weighted by atomic mass is 32.2. The first-order valence-corrected chi connectivity index (χ1v) is 9.31. The Morgan fingerprint density at radius 2 is 1.90 bits per heavy atom. The molecule has 1 spiro atoms. The van der Waals surface area contributed by atoms with Crippen molar-refractivity contribution in [1.82, 2.24) is 0 Å². The molecule has 0 saturated carbocycles. The van der Waals surface area contributed by atoms with Gasteiger partial charge in [0, 0.05) is 12.8 Å². The van der Waals surface area contributed by atoms with E-state index in [1.165, 1.54) is 29.9 Å². The topological polar surface area (TPSA) is 18.5 Å². The Balaban J connectivity index is 1.61. The monoisotopic (exact) mass is 306 g/mol. The molecule has 0 N–H and O–H groups in total. The summed E-state index contributed by atoms with van der Waals surface area (Å²) < 4.78 is 12.4. The number of benzene rings is 1. The van der Waals surface area contributed by atoms with Gasteiger partial charge >= 0.3 is 0 Å². The van der Waals surface area contributed by atoms with Crippen molar-refractivity contribution < 1.29 is 9.47 Å². The average molecular weight is 306 g/mol. The Hall–Kier alpha value is -0.670. The van der Waals surface area contributed by atoms with Crippen LogP contribution in [0.5, 0.6) is 5.75 Å². The molecule has 2 aliphatic rings. The maximum absolute atomic E-state index is 6.23. The van der Waals surface area contributed by atoms with Crippen molar-refractivity contribution in [2.45, 2.75) is 57.2 Å². The number of hydrogen-bond acceptors (Lipinski definition) is 3. The summed E-state index contributed by atoms with van der Waals surface area (Å²) in [6.07, 6.45) is 4.75. The Kier molecular flexibility index (Phi) is 4.80. The molecule has 2 nitrogen and oxygen atoms in total. The molecule has 0 aliphatic carbocycles. The lowest BCUT2D eigenvalue weighted by atomic mass is 9.86. The fourth-order valence-corrected chi connectivity index (χ4v) is 4.54. The molecule has 0 aromatic heterocycles. The standard InChI is InChI=1S/C18H26O2S/c1-14(2)15-3-5-16(6-4-15)20-17-7-10-19-18(13-17)8-11-21-12-9-18/h3-6,14,17H,7-13H2,1-2H3. The van der Waals surface area contributed by atoms with Gasteiger partial charge in [-0.25, -0.2) is 0 Å². The predicted molar refractivity (Wildman–Crippen MR) is 89.4 cm³/mol. The lowest BCUT2D eigenvalue weighted by molar-refractivity contribution is -0.116. The van der Waals surface area contributed by atoms with Gasteiger partial charge in [-0.1, -0.05) is 26.0 Å². The summed E-state index contributed by atoms with van der Waals surface area (Å²) >= 11 is 2.05. The molecule has 2 heterocycles. The molecule has 1 aromatic rings. The van der Waals surface area contributed by atoms with E-state index in [1.807, 2.05) is 0 Å². The second kappa shape index (κ2) is 6.62. The summed E-state index contributed by atoms with van der Waals surface area (Å²) in [5.41, 5.74) is 1.47. The number of thioether (sulfide) groups is 1. The highest BCUT2D eigenvalue weighted by molar-refractivity contribution is 7.99. The van der Waals surface area contributed by atoms with Crippen LogP contribution in [-0.4, -0.2) is 29.8 Å². The van der Waals surface area contributed by atoms with Gasteiger partial charge in [0.25, 0.3) is 0 Å². The highest BCUT2D eigenvalue weighted by Gasteiger charge is 2.39. The summed E-state index contributed by atoms with van der Waals surface area (Å²) in [7, 11) is 0. The second-order valence-corrected chi connectivity index (χ2v) is 7.82. The Morgan fingerprint density at radius 1 is 1.19 bits per heavy atom. The molecular formula is C18H26O2S. The zero-order valence-corrected chi connectivity index (χ0v) is 14.0. The van der Waals surface area contributed by atoms with Crippen LogP contribution in [0.2, 0.25) is 0 Å². The van der Waals surface area contributed by atoms with Crippen LogP contribution in [0.15, 0.2) is 24.3 Å². The quantitative estimate of drug-likeness (QED) is 0.811. The molecule has 2 fully saturated rings. The van der Waals surface area contributed by atoms with E-state index >= 15 is 0 Å². The van der Waals surface area contributed by atoms with E-state index in [9.17, 15) is 0 Å². The van der Waals surface area contributed by atoms with Gasteiger partial charge in [0.05, 0.1) is 12.2 Å². The van der Waals surface area contributed by atoms with E-state index in [0.29, 0.717) is 12.0 Å². The van der Waals surface area contributed by atoms with Crippen LogP contribution in [0.25, 0.3) is 0 Å². The van der Waals surface area contributed by atoms with Gasteiger partial charge < -0.3 is 9.47 Å². The molecule has 3 heteroatoms. The van der Waals surface area contributed by atoms with Gasteiger partial charge in [-0.05, 0) is 48.0 Å². The Bertz CT molecular complexity index is 443. The SMILES string of the molecule is CC(C)c1ccc(OC2CCOC3(CCSCC3)C2)cc1. The minimum Gasteiger partial charge on any atom is -0.490 e. The third kappa shape index (κ3) is 3.75. The molecule has 116 valence electrons. The normalized spacial score (nSPS) is 25.2.